The topological polar surface area (TPSA) is 85.7 Å². The van der Waals surface area contributed by atoms with Crippen LogP contribution in [0.1, 0.15) is 35.6 Å². The van der Waals surface area contributed by atoms with Crippen LogP contribution in [0.4, 0.5) is 0 Å². The summed E-state index contributed by atoms with van der Waals surface area (Å²) >= 11 is 0. The molecule has 0 aliphatic heterocycles. The summed E-state index contributed by atoms with van der Waals surface area (Å²) in [7, 11) is 0. The smallest absolute Gasteiger partial charge is 0.371 e. The van der Waals surface area contributed by atoms with Gasteiger partial charge in [0.2, 0.25) is 5.76 Å². The molecule has 5 heteroatoms. The van der Waals surface area contributed by atoms with Crippen molar-refractivity contribution >= 4 is 5.97 Å². The highest BCUT2D eigenvalue weighted by atomic mass is 16.5. The molecule has 1 heterocycles. The van der Waals surface area contributed by atoms with Gasteiger partial charge in [0.05, 0.1) is 0 Å². The number of carbonyl (C=O) groups is 1. The summed E-state index contributed by atoms with van der Waals surface area (Å²) in [5.74, 6) is -0.577. The number of aromatic carboxylic acids is 1. The molecule has 0 unspecified atom stereocenters. The largest absolute Gasteiger partial charge is 0.475 e. The van der Waals surface area contributed by atoms with Crippen molar-refractivity contribution in [2.75, 3.05) is 13.2 Å². The number of hydrogen-bond acceptors (Lipinski definition) is 4. The van der Waals surface area contributed by atoms with E-state index in [0.29, 0.717) is 25.5 Å². The highest BCUT2D eigenvalue weighted by molar-refractivity contribution is 5.84. The molecular formula is C11H17NO4. The van der Waals surface area contributed by atoms with Crippen LogP contribution in [0.25, 0.3) is 0 Å². The Hall–Kier alpha value is -1.33. The maximum absolute atomic E-state index is 10.5. The van der Waals surface area contributed by atoms with E-state index in [0.717, 1.165) is 19.3 Å². The second kappa shape index (κ2) is 7.03. The minimum absolute atomic E-state index is 0.0540. The minimum atomic E-state index is -1.06. The van der Waals surface area contributed by atoms with Crippen LogP contribution in [0.15, 0.2) is 16.5 Å². The molecule has 90 valence electrons. The molecule has 0 aromatic carbocycles. The van der Waals surface area contributed by atoms with E-state index in [9.17, 15) is 4.79 Å². The van der Waals surface area contributed by atoms with Gasteiger partial charge in [0.1, 0.15) is 12.4 Å². The lowest BCUT2D eigenvalue weighted by Gasteiger charge is -2.01. The summed E-state index contributed by atoms with van der Waals surface area (Å²) in [4.78, 5) is 10.5. The molecular weight excluding hydrogens is 210 g/mol. The number of hydrogen-bond donors (Lipinski definition) is 2. The van der Waals surface area contributed by atoms with Crippen molar-refractivity contribution in [1.29, 1.82) is 0 Å². The fourth-order valence-corrected chi connectivity index (χ4v) is 1.27. The Labute approximate surface area is 94.2 Å². The summed E-state index contributed by atoms with van der Waals surface area (Å²) in [6.45, 7) is 1.67. The van der Waals surface area contributed by atoms with Crippen LogP contribution in [0.2, 0.25) is 0 Å². The fourth-order valence-electron chi connectivity index (χ4n) is 1.27. The molecule has 0 aliphatic rings. The van der Waals surface area contributed by atoms with Crippen LogP contribution in [-0.2, 0) is 11.3 Å². The Morgan fingerprint density at radius 1 is 1.38 bits per heavy atom. The molecule has 0 radical (unpaired) electrons. The van der Waals surface area contributed by atoms with Crippen molar-refractivity contribution in [3.63, 3.8) is 0 Å². The van der Waals surface area contributed by atoms with Gasteiger partial charge < -0.3 is 20.0 Å². The molecule has 1 aromatic heterocycles. The molecule has 3 N–H and O–H groups in total. The van der Waals surface area contributed by atoms with Gasteiger partial charge in [0, 0.05) is 6.61 Å². The molecule has 0 bridgehead atoms. The van der Waals surface area contributed by atoms with Gasteiger partial charge in [-0.1, -0.05) is 0 Å². The quantitative estimate of drug-likeness (QED) is 0.659. The average molecular weight is 227 g/mol. The fraction of sp³-hybridized carbons (Fsp3) is 0.545. The lowest BCUT2D eigenvalue weighted by Crippen LogP contribution is -2.00. The minimum Gasteiger partial charge on any atom is -0.475 e. The van der Waals surface area contributed by atoms with E-state index < -0.39 is 5.97 Å². The number of carboxylic acid groups (broad SMARTS) is 1. The Morgan fingerprint density at radius 2 is 2.19 bits per heavy atom. The van der Waals surface area contributed by atoms with Gasteiger partial charge in [0.25, 0.3) is 0 Å². The van der Waals surface area contributed by atoms with E-state index >= 15 is 0 Å². The van der Waals surface area contributed by atoms with Crippen LogP contribution < -0.4 is 5.73 Å². The summed E-state index contributed by atoms with van der Waals surface area (Å²) in [6.07, 6.45) is 3.02. The highest BCUT2D eigenvalue weighted by Crippen LogP contribution is 2.09. The first-order chi connectivity index (χ1) is 7.74. The van der Waals surface area contributed by atoms with E-state index in [1.807, 2.05) is 0 Å². The van der Waals surface area contributed by atoms with Gasteiger partial charge >= 0.3 is 5.97 Å². The van der Waals surface area contributed by atoms with Gasteiger partial charge in [-0.3, -0.25) is 0 Å². The van der Waals surface area contributed by atoms with Crippen LogP contribution in [-0.4, -0.2) is 24.2 Å². The van der Waals surface area contributed by atoms with Gasteiger partial charge in [0.15, 0.2) is 0 Å². The van der Waals surface area contributed by atoms with Crippen molar-refractivity contribution in [1.82, 2.24) is 0 Å². The molecule has 0 saturated heterocycles. The molecule has 0 saturated carbocycles. The maximum Gasteiger partial charge on any atom is 0.371 e. The standard InChI is InChI=1S/C11H17NO4/c12-6-2-1-3-7-15-8-9-4-5-10(16-9)11(13)14/h4-5H,1-3,6-8,12H2,(H,13,14). The van der Waals surface area contributed by atoms with Gasteiger partial charge in [-0.05, 0) is 37.9 Å². The molecule has 0 fully saturated rings. The number of carboxylic acids is 1. The summed E-state index contributed by atoms with van der Waals surface area (Å²) in [5.41, 5.74) is 5.35. The van der Waals surface area contributed by atoms with Crippen LogP contribution >= 0.6 is 0 Å². The van der Waals surface area contributed by atoms with Crippen LogP contribution in [0.3, 0.4) is 0 Å². The molecule has 1 aromatic rings. The number of nitrogens with two attached hydrogens (primary N) is 1. The molecule has 5 nitrogen and oxygen atoms in total. The first-order valence-electron chi connectivity index (χ1n) is 5.34. The van der Waals surface area contributed by atoms with Crippen molar-refractivity contribution < 1.29 is 19.1 Å². The maximum atomic E-state index is 10.5. The lowest BCUT2D eigenvalue weighted by atomic mass is 10.2. The van der Waals surface area contributed by atoms with Crippen LogP contribution in [0, 0.1) is 0 Å². The number of ether oxygens (including phenoxy) is 1. The molecule has 16 heavy (non-hydrogen) atoms. The average Bonchev–Trinajstić information content (AvgIpc) is 2.72. The second-order valence-electron chi connectivity index (χ2n) is 3.47. The zero-order chi connectivity index (χ0) is 11.8. The Kier molecular flexibility index (Phi) is 5.60. The zero-order valence-corrected chi connectivity index (χ0v) is 9.15. The van der Waals surface area contributed by atoms with E-state index in [4.69, 9.17) is 20.0 Å². The molecule has 0 atom stereocenters. The Morgan fingerprint density at radius 3 is 2.81 bits per heavy atom. The Bertz CT molecular complexity index is 322. The third-order valence-electron chi connectivity index (χ3n) is 2.11. The Balaban J connectivity index is 2.14. The van der Waals surface area contributed by atoms with E-state index in [-0.39, 0.29) is 5.76 Å². The van der Waals surface area contributed by atoms with Gasteiger partial charge in [-0.2, -0.15) is 0 Å². The van der Waals surface area contributed by atoms with Crippen molar-refractivity contribution in [3.8, 4) is 0 Å². The van der Waals surface area contributed by atoms with Gasteiger partial charge in [-0.15, -0.1) is 0 Å². The van der Waals surface area contributed by atoms with E-state index in [1.165, 1.54) is 6.07 Å². The first-order valence-corrected chi connectivity index (χ1v) is 5.34. The number of rotatable bonds is 8. The summed E-state index contributed by atoms with van der Waals surface area (Å²) in [5, 5.41) is 8.62. The number of furan rings is 1. The van der Waals surface area contributed by atoms with E-state index in [2.05, 4.69) is 0 Å². The summed E-state index contributed by atoms with van der Waals surface area (Å²) in [6, 6.07) is 3.04. The third-order valence-corrected chi connectivity index (χ3v) is 2.11. The highest BCUT2D eigenvalue weighted by Gasteiger charge is 2.08. The zero-order valence-electron chi connectivity index (χ0n) is 9.15. The molecule has 0 aliphatic carbocycles. The predicted octanol–water partition coefficient (Wildman–Crippen LogP) is 1.62. The van der Waals surface area contributed by atoms with Gasteiger partial charge in [-0.25, -0.2) is 4.79 Å². The summed E-state index contributed by atoms with van der Waals surface area (Å²) < 4.78 is 10.4. The van der Waals surface area contributed by atoms with Crippen molar-refractivity contribution in [2.45, 2.75) is 25.9 Å². The monoisotopic (exact) mass is 227 g/mol. The lowest BCUT2D eigenvalue weighted by molar-refractivity contribution is 0.0646. The normalized spacial score (nSPS) is 10.6. The molecule has 0 amide bonds. The SMILES string of the molecule is NCCCCCOCc1ccc(C(=O)O)o1. The molecule has 0 spiro atoms. The first kappa shape index (κ1) is 12.7. The van der Waals surface area contributed by atoms with Crippen LogP contribution in [0.5, 0.6) is 0 Å². The second-order valence-corrected chi connectivity index (χ2v) is 3.47. The molecule has 1 rings (SSSR count). The number of unbranched alkanes of at least 4 members (excludes halogenated alkanes) is 2. The van der Waals surface area contributed by atoms with Crippen molar-refractivity contribution in [2.24, 2.45) is 5.73 Å². The van der Waals surface area contributed by atoms with E-state index in [1.54, 1.807) is 6.07 Å². The predicted molar refractivity (Wildman–Crippen MR) is 58.2 cm³/mol. The third kappa shape index (κ3) is 4.46. The van der Waals surface area contributed by atoms with Crippen molar-refractivity contribution in [3.05, 3.63) is 23.7 Å².